The Morgan fingerprint density at radius 1 is 0.857 bits per heavy atom. The molecule has 0 aliphatic rings. The summed E-state index contributed by atoms with van der Waals surface area (Å²) in [5.41, 5.74) is 1.81. The Morgan fingerprint density at radius 3 is 2.05 bits per heavy atom. The molecular formula is C20H34S. The molecule has 1 aromatic rings. The molecule has 0 nitrogen and oxygen atoms in total. The molecule has 0 radical (unpaired) electrons. The maximum Gasteiger partial charge on any atom is 0.0151 e. The molecule has 0 bridgehead atoms. The molecule has 0 spiro atoms. The predicted molar refractivity (Wildman–Crippen MR) is 98.5 cm³/mol. The van der Waals surface area contributed by atoms with Gasteiger partial charge in [0.1, 0.15) is 0 Å². The first kappa shape index (κ1) is 18.6. The summed E-state index contributed by atoms with van der Waals surface area (Å²) in [4.78, 5) is 1.49. The zero-order valence-electron chi connectivity index (χ0n) is 15.0. The average Bonchev–Trinajstić information content (AvgIpc) is 2.43. The highest BCUT2D eigenvalue weighted by Crippen LogP contribution is 2.42. The predicted octanol–water partition coefficient (Wildman–Crippen LogP) is 7.22. The van der Waals surface area contributed by atoms with E-state index in [1.807, 2.05) is 0 Å². The van der Waals surface area contributed by atoms with Crippen LogP contribution in [0.5, 0.6) is 0 Å². The Kier molecular flexibility index (Phi) is 7.33. The minimum atomic E-state index is 0.278. The fourth-order valence-electron chi connectivity index (χ4n) is 2.82. The molecule has 0 saturated carbocycles. The first-order chi connectivity index (χ1) is 9.82. The van der Waals surface area contributed by atoms with Gasteiger partial charge in [0, 0.05) is 9.64 Å². The molecule has 21 heavy (non-hydrogen) atoms. The molecule has 0 aliphatic carbocycles. The van der Waals surface area contributed by atoms with E-state index in [2.05, 4.69) is 77.6 Å². The summed E-state index contributed by atoms with van der Waals surface area (Å²) in [7, 11) is 0. The second kappa shape index (κ2) is 8.27. The van der Waals surface area contributed by atoms with Crippen molar-refractivity contribution < 1.29 is 0 Å². The smallest absolute Gasteiger partial charge is 0.0151 e. The van der Waals surface area contributed by atoms with Crippen LogP contribution in [0.15, 0.2) is 29.2 Å². The zero-order valence-corrected chi connectivity index (χ0v) is 15.8. The monoisotopic (exact) mass is 306 g/mol. The summed E-state index contributed by atoms with van der Waals surface area (Å²) in [5, 5.41) is 0. The summed E-state index contributed by atoms with van der Waals surface area (Å²) in [6.07, 6.45) is 7.76. The first-order valence-electron chi connectivity index (χ1n) is 8.61. The highest BCUT2D eigenvalue weighted by Gasteiger charge is 2.26. The summed E-state index contributed by atoms with van der Waals surface area (Å²) in [6, 6.07) is 9.05. The highest BCUT2D eigenvalue weighted by atomic mass is 32.2. The van der Waals surface area contributed by atoms with Crippen LogP contribution in [0.2, 0.25) is 0 Å². The lowest BCUT2D eigenvalue weighted by molar-refractivity contribution is 0.450. The van der Waals surface area contributed by atoms with Gasteiger partial charge in [0.15, 0.2) is 0 Å². The van der Waals surface area contributed by atoms with Gasteiger partial charge in [0.25, 0.3) is 0 Å². The highest BCUT2D eigenvalue weighted by molar-refractivity contribution is 8.00. The van der Waals surface area contributed by atoms with Gasteiger partial charge in [-0.25, -0.2) is 0 Å². The molecule has 0 aromatic heterocycles. The SMILES string of the molecule is CCCCC(C)(C)Sc1ccccc1C(C)(C)CCCC. The van der Waals surface area contributed by atoms with E-state index in [0.717, 1.165) is 0 Å². The van der Waals surface area contributed by atoms with Crippen LogP contribution < -0.4 is 0 Å². The van der Waals surface area contributed by atoms with Crippen LogP contribution in [-0.2, 0) is 5.41 Å². The number of unbranched alkanes of at least 4 members (excludes halogenated alkanes) is 2. The molecule has 1 aromatic carbocycles. The fraction of sp³-hybridized carbons (Fsp3) is 0.700. The van der Waals surface area contributed by atoms with Gasteiger partial charge in [0.05, 0.1) is 0 Å². The van der Waals surface area contributed by atoms with Crippen LogP contribution in [0.3, 0.4) is 0 Å². The van der Waals surface area contributed by atoms with E-state index in [1.165, 1.54) is 49.0 Å². The van der Waals surface area contributed by atoms with Crippen LogP contribution in [-0.4, -0.2) is 4.75 Å². The fourth-order valence-corrected chi connectivity index (χ4v) is 4.26. The van der Waals surface area contributed by atoms with E-state index in [0.29, 0.717) is 4.75 Å². The van der Waals surface area contributed by atoms with Gasteiger partial charge in [-0.05, 0) is 29.9 Å². The van der Waals surface area contributed by atoms with Gasteiger partial charge in [-0.15, -0.1) is 11.8 Å². The van der Waals surface area contributed by atoms with Crippen molar-refractivity contribution in [3.63, 3.8) is 0 Å². The molecule has 1 rings (SSSR count). The van der Waals surface area contributed by atoms with Gasteiger partial charge in [-0.3, -0.25) is 0 Å². The topological polar surface area (TPSA) is 0 Å². The van der Waals surface area contributed by atoms with Crippen LogP contribution in [0.1, 0.15) is 85.6 Å². The molecule has 120 valence electrons. The molecule has 0 heterocycles. The molecule has 1 heteroatoms. The van der Waals surface area contributed by atoms with Gasteiger partial charge >= 0.3 is 0 Å². The molecule has 0 saturated heterocycles. The van der Waals surface area contributed by atoms with Crippen molar-refractivity contribution in [2.75, 3.05) is 0 Å². The van der Waals surface area contributed by atoms with Crippen molar-refractivity contribution in [1.82, 2.24) is 0 Å². The van der Waals surface area contributed by atoms with E-state index in [1.54, 1.807) is 0 Å². The maximum atomic E-state index is 2.40. The lowest BCUT2D eigenvalue weighted by Gasteiger charge is -2.31. The third kappa shape index (κ3) is 6.06. The Balaban J connectivity index is 2.93. The van der Waals surface area contributed by atoms with Crippen molar-refractivity contribution in [3.05, 3.63) is 29.8 Å². The van der Waals surface area contributed by atoms with E-state index in [4.69, 9.17) is 0 Å². The lowest BCUT2D eigenvalue weighted by Crippen LogP contribution is -2.20. The summed E-state index contributed by atoms with van der Waals surface area (Å²) >= 11 is 2.07. The molecule has 0 N–H and O–H groups in total. The van der Waals surface area contributed by atoms with Crippen LogP contribution in [0.4, 0.5) is 0 Å². The third-order valence-electron chi connectivity index (χ3n) is 4.29. The van der Waals surface area contributed by atoms with Crippen LogP contribution >= 0.6 is 11.8 Å². The summed E-state index contributed by atoms with van der Waals surface area (Å²) in [5.74, 6) is 0. The zero-order chi connectivity index (χ0) is 15.9. The Labute approximate surface area is 137 Å². The summed E-state index contributed by atoms with van der Waals surface area (Å²) < 4.78 is 0.326. The molecule has 0 amide bonds. The number of hydrogen-bond acceptors (Lipinski definition) is 1. The Hall–Kier alpha value is -0.430. The number of benzene rings is 1. The van der Waals surface area contributed by atoms with E-state index < -0.39 is 0 Å². The maximum absolute atomic E-state index is 2.40. The number of hydrogen-bond donors (Lipinski definition) is 0. The van der Waals surface area contributed by atoms with E-state index in [9.17, 15) is 0 Å². The van der Waals surface area contributed by atoms with Crippen molar-refractivity contribution in [2.24, 2.45) is 0 Å². The third-order valence-corrected chi connectivity index (χ3v) is 5.62. The van der Waals surface area contributed by atoms with E-state index >= 15 is 0 Å². The standard InChI is InChI=1S/C20H34S/c1-7-9-15-19(3,4)17-13-11-12-14-18(17)21-20(5,6)16-10-8-2/h11-14H,7-10,15-16H2,1-6H3. The van der Waals surface area contributed by atoms with Gasteiger partial charge in [0.2, 0.25) is 0 Å². The molecular weight excluding hydrogens is 272 g/mol. The minimum absolute atomic E-state index is 0.278. The van der Waals surface area contributed by atoms with Crippen LogP contribution in [0, 0.1) is 0 Å². The molecule has 0 unspecified atom stereocenters. The second-order valence-electron chi connectivity index (χ2n) is 7.45. The van der Waals surface area contributed by atoms with Crippen molar-refractivity contribution in [2.45, 2.75) is 95.1 Å². The van der Waals surface area contributed by atoms with Gasteiger partial charge in [-0.2, -0.15) is 0 Å². The molecule has 0 atom stereocenters. The number of rotatable bonds is 9. The van der Waals surface area contributed by atoms with Crippen LogP contribution in [0.25, 0.3) is 0 Å². The second-order valence-corrected chi connectivity index (χ2v) is 9.20. The van der Waals surface area contributed by atoms with Crippen molar-refractivity contribution >= 4 is 11.8 Å². The molecule has 0 fully saturated rings. The largest absolute Gasteiger partial charge is 0.120 e. The summed E-state index contributed by atoms with van der Waals surface area (Å²) in [6.45, 7) is 14.2. The quantitative estimate of drug-likeness (QED) is 0.434. The van der Waals surface area contributed by atoms with Gasteiger partial charge < -0.3 is 0 Å². The normalized spacial score (nSPS) is 12.7. The van der Waals surface area contributed by atoms with Crippen molar-refractivity contribution in [1.29, 1.82) is 0 Å². The van der Waals surface area contributed by atoms with Gasteiger partial charge in [-0.1, -0.05) is 85.4 Å². The lowest BCUT2D eigenvalue weighted by atomic mass is 9.80. The van der Waals surface area contributed by atoms with E-state index in [-0.39, 0.29) is 5.41 Å². The Morgan fingerprint density at radius 2 is 1.43 bits per heavy atom. The van der Waals surface area contributed by atoms with Crippen molar-refractivity contribution in [3.8, 4) is 0 Å². The number of thioether (sulfide) groups is 1. The average molecular weight is 307 g/mol. The Bertz CT molecular complexity index is 418. The minimum Gasteiger partial charge on any atom is -0.120 e. The molecule has 0 aliphatic heterocycles. The first-order valence-corrected chi connectivity index (χ1v) is 9.42.